The van der Waals surface area contributed by atoms with E-state index >= 15 is 0 Å². The average molecular weight is 461 g/mol. The Morgan fingerprint density at radius 2 is 1.88 bits per heavy atom. The lowest BCUT2D eigenvalue weighted by Gasteiger charge is -2.38. The van der Waals surface area contributed by atoms with Gasteiger partial charge >= 0.3 is 6.18 Å². The predicted molar refractivity (Wildman–Crippen MR) is 111 cm³/mol. The molecule has 2 aromatic heterocycles. The van der Waals surface area contributed by atoms with Crippen LogP contribution in [0.25, 0.3) is 5.69 Å². The maximum atomic E-state index is 13.4. The Morgan fingerprint density at radius 1 is 1.12 bits per heavy atom. The number of halogens is 3. The zero-order valence-electron chi connectivity index (χ0n) is 17.8. The fraction of sp³-hybridized carbons (Fsp3) is 0.364. The Kier molecular flexibility index (Phi) is 6.47. The third-order valence-electron chi connectivity index (χ3n) is 5.26. The number of pyridine rings is 1. The Labute approximate surface area is 187 Å². The normalized spacial score (nSPS) is 18.7. The second-order valence-corrected chi connectivity index (χ2v) is 7.69. The molecular formula is C22H22F3N5O3. The lowest BCUT2D eigenvalue weighted by molar-refractivity contribution is -0.153. The number of amides is 1. The fourth-order valence-electron chi connectivity index (χ4n) is 3.66. The van der Waals surface area contributed by atoms with Crippen molar-refractivity contribution in [3.05, 3.63) is 60.6 Å². The van der Waals surface area contributed by atoms with Crippen LogP contribution in [-0.2, 0) is 0 Å². The molecule has 1 amide bonds. The summed E-state index contributed by atoms with van der Waals surface area (Å²) in [5.74, 6) is -0.0308. The maximum absolute atomic E-state index is 13.4. The topological polar surface area (TPSA) is 82.4 Å². The van der Waals surface area contributed by atoms with Crippen molar-refractivity contribution >= 4 is 5.91 Å². The summed E-state index contributed by atoms with van der Waals surface area (Å²) in [4.78, 5) is 20.6. The standard InChI is InChI=1S/C22H22F3N5O3/c1-15-6-7-17(33-20-12-16(8-9-26-20)32-14-22(23,24)25)13-29(15)21(31)18-4-2-3-5-19(18)30-27-10-11-28-30/h2-5,8-12,15,17H,6-7,13-14H2,1H3/t15-,17-/m1/s1. The second kappa shape index (κ2) is 9.47. The summed E-state index contributed by atoms with van der Waals surface area (Å²) < 4.78 is 47.9. The van der Waals surface area contributed by atoms with Crippen molar-refractivity contribution in [1.29, 1.82) is 0 Å². The summed E-state index contributed by atoms with van der Waals surface area (Å²) >= 11 is 0. The summed E-state index contributed by atoms with van der Waals surface area (Å²) in [6.45, 7) is 0.868. The number of ether oxygens (including phenoxy) is 2. The summed E-state index contributed by atoms with van der Waals surface area (Å²) in [6, 6.07) is 9.70. The first-order valence-corrected chi connectivity index (χ1v) is 10.4. The van der Waals surface area contributed by atoms with Crippen LogP contribution in [0, 0.1) is 0 Å². The first kappa shape index (κ1) is 22.6. The summed E-state index contributed by atoms with van der Waals surface area (Å²) in [5.41, 5.74) is 1.03. The van der Waals surface area contributed by atoms with E-state index in [1.54, 1.807) is 29.2 Å². The first-order chi connectivity index (χ1) is 15.8. The van der Waals surface area contributed by atoms with Crippen molar-refractivity contribution in [3.8, 4) is 17.3 Å². The molecular weight excluding hydrogens is 439 g/mol. The molecule has 0 unspecified atom stereocenters. The van der Waals surface area contributed by atoms with Crippen molar-refractivity contribution in [2.45, 2.75) is 38.1 Å². The third kappa shape index (κ3) is 5.60. The van der Waals surface area contributed by atoms with E-state index in [1.165, 1.54) is 35.5 Å². The van der Waals surface area contributed by atoms with Crippen LogP contribution in [0.15, 0.2) is 55.0 Å². The number of alkyl halides is 3. The number of nitrogens with zero attached hydrogens (tertiary/aromatic N) is 5. The van der Waals surface area contributed by atoms with Gasteiger partial charge in [-0.25, -0.2) is 4.98 Å². The van der Waals surface area contributed by atoms with E-state index in [4.69, 9.17) is 9.47 Å². The number of piperidine rings is 1. The lowest BCUT2D eigenvalue weighted by atomic mass is 9.99. The molecule has 1 aromatic carbocycles. The molecule has 0 N–H and O–H groups in total. The van der Waals surface area contributed by atoms with Crippen molar-refractivity contribution in [2.75, 3.05) is 13.2 Å². The highest BCUT2D eigenvalue weighted by Gasteiger charge is 2.32. The largest absolute Gasteiger partial charge is 0.484 e. The number of likely N-dealkylation sites (tertiary alicyclic amines) is 1. The van der Waals surface area contributed by atoms with Crippen LogP contribution in [0.5, 0.6) is 11.6 Å². The minimum atomic E-state index is -4.44. The van der Waals surface area contributed by atoms with Crippen molar-refractivity contribution < 1.29 is 27.4 Å². The van der Waals surface area contributed by atoms with Gasteiger partial charge in [0, 0.05) is 18.3 Å². The van der Waals surface area contributed by atoms with E-state index in [0.29, 0.717) is 30.6 Å². The number of para-hydroxylation sites is 1. The Bertz CT molecular complexity index is 1090. The van der Waals surface area contributed by atoms with Gasteiger partial charge in [0.1, 0.15) is 11.9 Å². The summed E-state index contributed by atoms with van der Waals surface area (Å²) in [5, 5.41) is 8.25. The number of hydrogen-bond acceptors (Lipinski definition) is 6. The van der Waals surface area contributed by atoms with Crippen LogP contribution >= 0.6 is 0 Å². The Balaban J connectivity index is 1.47. The monoisotopic (exact) mass is 461 g/mol. The molecule has 1 saturated heterocycles. The molecule has 0 aliphatic carbocycles. The van der Waals surface area contributed by atoms with Crippen LogP contribution in [0.2, 0.25) is 0 Å². The highest BCUT2D eigenvalue weighted by molar-refractivity contribution is 5.98. The van der Waals surface area contributed by atoms with Gasteiger partial charge in [0.25, 0.3) is 5.91 Å². The quantitative estimate of drug-likeness (QED) is 0.557. The molecule has 3 heterocycles. The van der Waals surface area contributed by atoms with E-state index in [9.17, 15) is 18.0 Å². The maximum Gasteiger partial charge on any atom is 0.422 e. The molecule has 1 aliphatic heterocycles. The zero-order chi connectivity index (χ0) is 23.4. The highest BCUT2D eigenvalue weighted by atomic mass is 19.4. The summed E-state index contributed by atoms with van der Waals surface area (Å²) in [6.07, 6.45) is 0.953. The van der Waals surface area contributed by atoms with Crippen LogP contribution in [-0.4, -0.2) is 62.3 Å². The predicted octanol–water partition coefficient (Wildman–Crippen LogP) is 3.68. The molecule has 1 aliphatic rings. The number of aromatic nitrogens is 4. The van der Waals surface area contributed by atoms with Crippen molar-refractivity contribution in [2.24, 2.45) is 0 Å². The highest BCUT2D eigenvalue weighted by Crippen LogP contribution is 2.26. The molecule has 0 bridgehead atoms. The molecule has 1 fully saturated rings. The van der Waals surface area contributed by atoms with E-state index in [0.717, 1.165) is 0 Å². The van der Waals surface area contributed by atoms with E-state index in [1.807, 2.05) is 6.92 Å². The number of carbonyl (C=O) groups excluding carboxylic acids is 1. The van der Waals surface area contributed by atoms with Gasteiger partial charge in [-0.15, -0.1) is 0 Å². The van der Waals surface area contributed by atoms with Gasteiger partial charge < -0.3 is 14.4 Å². The van der Waals surface area contributed by atoms with Crippen molar-refractivity contribution in [1.82, 2.24) is 24.9 Å². The van der Waals surface area contributed by atoms with Gasteiger partial charge in [-0.05, 0) is 38.0 Å². The molecule has 33 heavy (non-hydrogen) atoms. The SMILES string of the molecule is C[C@@H]1CC[C@@H](Oc2cc(OCC(F)(F)F)ccn2)CN1C(=O)c1ccccc1-n1nccn1. The zero-order valence-corrected chi connectivity index (χ0v) is 17.8. The molecule has 11 heteroatoms. The Morgan fingerprint density at radius 3 is 2.64 bits per heavy atom. The van der Waals surface area contributed by atoms with E-state index in [-0.39, 0.29) is 29.7 Å². The number of benzene rings is 1. The smallest absolute Gasteiger partial charge is 0.422 e. The average Bonchev–Trinajstić information content (AvgIpc) is 3.33. The molecule has 174 valence electrons. The molecule has 0 spiro atoms. The van der Waals surface area contributed by atoms with Gasteiger partial charge in [-0.2, -0.15) is 28.2 Å². The second-order valence-electron chi connectivity index (χ2n) is 7.69. The molecule has 0 saturated carbocycles. The summed E-state index contributed by atoms with van der Waals surface area (Å²) in [7, 11) is 0. The van der Waals surface area contributed by atoms with Crippen LogP contribution in [0.1, 0.15) is 30.1 Å². The minimum absolute atomic E-state index is 0.00934. The molecule has 0 radical (unpaired) electrons. The number of rotatable bonds is 6. The van der Waals surface area contributed by atoms with Gasteiger partial charge in [0.15, 0.2) is 6.61 Å². The molecule has 2 atom stereocenters. The van der Waals surface area contributed by atoms with Gasteiger partial charge in [-0.1, -0.05) is 12.1 Å². The van der Waals surface area contributed by atoms with Crippen LogP contribution in [0.4, 0.5) is 13.2 Å². The van der Waals surface area contributed by atoms with Gasteiger partial charge in [0.05, 0.1) is 30.2 Å². The molecule has 4 rings (SSSR count). The molecule has 8 nitrogen and oxygen atoms in total. The Hall–Kier alpha value is -3.63. The fourth-order valence-corrected chi connectivity index (χ4v) is 3.66. The van der Waals surface area contributed by atoms with Gasteiger partial charge in [-0.3, -0.25) is 4.79 Å². The number of hydrogen-bond donors (Lipinski definition) is 0. The van der Waals surface area contributed by atoms with E-state index < -0.39 is 12.8 Å². The molecule has 3 aromatic rings. The van der Waals surface area contributed by atoms with E-state index in [2.05, 4.69) is 15.2 Å². The van der Waals surface area contributed by atoms with Crippen molar-refractivity contribution in [3.63, 3.8) is 0 Å². The number of carbonyl (C=O) groups is 1. The minimum Gasteiger partial charge on any atom is -0.484 e. The lowest BCUT2D eigenvalue weighted by Crippen LogP contribution is -2.49. The first-order valence-electron chi connectivity index (χ1n) is 10.4. The third-order valence-corrected chi connectivity index (χ3v) is 5.26. The van der Waals surface area contributed by atoms with Crippen LogP contribution < -0.4 is 9.47 Å². The van der Waals surface area contributed by atoms with Crippen LogP contribution in [0.3, 0.4) is 0 Å². The van der Waals surface area contributed by atoms with Gasteiger partial charge in [0.2, 0.25) is 5.88 Å².